The maximum absolute atomic E-state index is 9.68. The molecule has 0 amide bonds. The lowest BCUT2D eigenvalue weighted by molar-refractivity contribution is 0.372. The lowest BCUT2D eigenvalue weighted by Gasteiger charge is -2.14. The molecule has 0 atom stereocenters. The molecule has 78 valence electrons. The molecule has 0 radical (unpaired) electrons. The van der Waals surface area contributed by atoms with Gasteiger partial charge in [-0.1, -0.05) is 0 Å². The zero-order valence-electron chi connectivity index (χ0n) is 8.47. The van der Waals surface area contributed by atoms with Gasteiger partial charge in [0.15, 0.2) is 11.5 Å². The van der Waals surface area contributed by atoms with Gasteiger partial charge < -0.3 is 15.2 Å². The monoisotopic (exact) mass is 259 g/mol. The zero-order chi connectivity index (χ0) is 10.7. The van der Waals surface area contributed by atoms with Crippen molar-refractivity contribution in [2.45, 2.75) is 19.9 Å². The van der Waals surface area contributed by atoms with E-state index in [0.29, 0.717) is 16.3 Å². The molecule has 0 aromatic heterocycles. The van der Waals surface area contributed by atoms with Crippen LogP contribution in [0.2, 0.25) is 0 Å². The van der Waals surface area contributed by atoms with Crippen molar-refractivity contribution in [2.24, 2.45) is 0 Å². The van der Waals surface area contributed by atoms with Crippen molar-refractivity contribution in [1.82, 2.24) is 0 Å². The van der Waals surface area contributed by atoms with Crippen molar-refractivity contribution in [3.05, 3.63) is 16.6 Å². The fourth-order valence-corrected chi connectivity index (χ4v) is 1.58. The highest BCUT2D eigenvalue weighted by Gasteiger charge is 2.10. The first-order valence-electron chi connectivity index (χ1n) is 4.38. The highest BCUT2D eigenvalue weighted by Crippen LogP contribution is 2.39. The van der Waals surface area contributed by atoms with Crippen molar-refractivity contribution < 1.29 is 9.84 Å². The van der Waals surface area contributed by atoms with Crippen LogP contribution in [0.5, 0.6) is 11.5 Å². The molecule has 0 unspecified atom stereocenters. The molecule has 1 aromatic carbocycles. The SMILES string of the molecule is COc1ccc(NC(C)C)c(Br)c1O. The fourth-order valence-electron chi connectivity index (χ4n) is 1.13. The molecule has 0 saturated heterocycles. The van der Waals surface area contributed by atoms with Gasteiger partial charge in [-0.2, -0.15) is 0 Å². The number of nitrogens with one attached hydrogen (secondary N) is 1. The van der Waals surface area contributed by atoms with Gasteiger partial charge >= 0.3 is 0 Å². The number of halogens is 1. The molecule has 2 N–H and O–H groups in total. The molecule has 1 rings (SSSR count). The quantitative estimate of drug-likeness (QED) is 0.877. The molecule has 0 aliphatic carbocycles. The predicted molar refractivity (Wildman–Crippen MR) is 61.1 cm³/mol. The molecule has 0 aliphatic heterocycles. The van der Waals surface area contributed by atoms with E-state index in [2.05, 4.69) is 21.2 Å². The number of hydrogen-bond acceptors (Lipinski definition) is 3. The van der Waals surface area contributed by atoms with E-state index in [9.17, 15) is 5.11 Å². The second kappa shape index (κ2) is 4.55. The molecular formula is C10H14BrNO2. The van der Waals surface area contributed by atoms with E-state index in [0.717, 1.165) is 5.69 Å². The number of aromatic hydroxyl groups is 1. The Labute approximate surface area is 92.2 Å². The van der Waals surface area contributed by atoms with Crippen LogP contribution in [0.4, 0.5) is 5.69 Å². The zero-order valence-corrected chi connectivity index (χ0v) is 10.1. The van der Waals surface area contributed by atoms with Gasteiger partial charge in [0.1, 0.15) is 0 Å². The molecule has 0 aliphatic rings. The summed E-state index contributed by atoms with van der Waals surface area (Å²) < 4.78 is 5.61. The third-order valence-electron chi connectivity index (χ3n) is 1.74. The van der Waals surface area contributed by atoms with E-state index in [1.165, 1.54) is 7.11 Å². The van der Waals surface area contributed by atoms with Gasteiger partial charge in [0.05, 0.1) is 17.3 Å². The molecule has 0 fully saturated rings. The number of phenolic OH excluding ortho intramolecular Hbond substituents is 1. The second-order valence-electron chi connectivity index (χ2n) is 3.28. The Hall–Kier alpha value is -0.900. The number of anilines is 1. The average Bonchev–Trinajstić information content (AvgIpc) is 2.13. The standard InChI is InChI=1S/C10H14BrNO2/c1-6(2)12-7-4-5-8(14-3)10(13)9(7)11/h4-6,12-13H,1-3H3. The van der Waals surface area contributed by atoms with E-state index in [1.54, 1.807) is 6.07 Å². The number of methoxy groups -OCH3 is 1. The molecule has 0 saturated carbocycles. The molecule has 0 heterocycles. The highest BCUT2D eigenvalue weighted by molar-refractivity contribution is 9.10. The summed E-state index contributed by atoms with van der Waals surface area (Å²) in [7, 11) is 1.52. The minimum atomic E-state index is 0.123. The number of ether oxygens (including phenoxy) is 1. The number of benzene rings is 1. The Bertz CT molecular complexity index is 326. The van der Waals surface area contributed by atoms with Crippen LogP contribution in [0.15, 0.2) is 16.6 Å². The Balaban J connectivity index is 3.04. The first kappa shape index (κ1) is 11.2. The van der Waals surface area contributed by atoms with Gasteiger partial charge in [-0.25, -0.2) is 0 Å². The second-order valence-corrected chi connectivity index (χ2v) is 4.07. The Morgan fingerprint density at radius 3 is 2.57 bits per heavy atom. The molecule has 1 aromatic rings. The summed E-state index contributed by atoms with van der Waals surface area (Å²) in [6.07, 6.45) is 0. The van der Waals surface area contributed by atoms with Crippen molar-refractivity contribution >= 4 is 21.6 Å². The number of hydrogen-bond donors (Lipinski definition) is 2. The third kappa shape index (κ3) is 2.32. The smallest absolute Gasteiger partial charge is 0.174 e. The van der Waals surface area contributed by atoms with Gasteiger partial charge in [0, 0.05) is 6.04 Å². The first-order valence-corrected chi connectivity index (χ1v) is 5.17. The van der Waals surface area contributed by atoms with E-state index in [-0.39, 0.29) is 5.75 Å². The van der Waals surface area contributed by atoms with Gasteiger partial charge in [0.25, 0.3) is 0 Å². The Kier molecular flexibility index (Phi) is 3.63. The lowest BCUT2D eigenvalue weighted by Crippen LogP contribution is -2.10. The molecule has 0 spiro atoms. The van der Waals surface area contributed by atoms with Gasteiger partial charge in [-0.05, 0) is 41.9 Å². The summed E-state index contributed by atoms with van der Waals surface area (Å²) in [5, 5.41) is 12.9. The fraction of sp³-hybridized carbons (Fsp3) is 0.400. The largest absolute Gasteiger partial charge is 0.503 e. The topological polar surface area (TPSA) is 41.5 Å². The minimum absolute atomic E-state index is 0.123. The van der Waals surface area contributed by atoms with Crippen LogP contribution in [0.1, 0.15) is 13.8 Å². The maximum atomic E-state index is 9.68. The van der Waals surface area contributed by atoms with Crippen molar-refractivity contribution in [3.8, 4) is 11.5 Å². The van der Waals surface area contributed by atoms with Crippen LogP contribution in [0.3, 0.4) is 0 Å². The van der Waals surface area contributed by atoms with Gasteiger partial charge in [-0.15, -0.1) is 0 Å². The van der Waals surface area contributed by atoms with Crippen LogP contribution in [0.25, 0.3) is 0 Å². The Morgan fingerprint density at radius 2 is 2.07 bits per heavy atom. The minimum Gasteiger partial charge on any atom is -0.503 e. The molecule has 4 heteroatoms. The highest BCUT2D eigenvalue weighted by atomic mass is 79.9. The van der Waals surface area contributed by atoms with Crippen LogP contribution in [-0.4, -0.2) is 18.3 Å². The summed E-state index contributed by atoms with van der Waals surface area (Å²) in [4.78, 5) is 0. The maximum Gasteiger partial charge on any atom is 0.174 e. The van der Waals surface area contributed by atoms with Gasteiger partial charge in [0.2, 0.25) is 0 Å². The molecular weight excluding hydrogens is 246 g/mol. The summed E-state index contributed by atoms with van der Waals surface area (Å²) in [6.45, 7) is 4.07. The van der Waals surface area contributed by atoms with Crippen molar-refractivity contribution in [3.63, 3.8) is 0 Å². The summed E-state index contributed by atoms with van der Waals surface area (Å²) in [6, 6.07) is 3.91. The molecule has 3 nitrogen and oxygen atoms in total. The van der Waals surface area contributed by atoms with Crippen LogP contribution in [-0.2, 0) is 0 Å². The Morgan fingerprint density at radius 1 is 1.43 bits per heavy atom. The lowest BCUT2D eigenvalue weighted by atomic mass is 10.2. The van der Waals surface area contributed by atoms with E-state index < -0.39 is 0 Å². The van der Waals surface area contributed by atoms with Crippen LogP contribution >= 0.6 is 15.9 Å². The van der Waals surface area contributed by atoms with E-state index in [4.69, 9.17) is 4.74 Å². The first-order chi connectivity index (χ1) is 6.56. The van der Waals surface area contributed by atoms with Crippen molar-refractivity contribution in [1.29, 1.82) is 0 Å². The number of phenols is 1. The normalized spacial score (nSPS) is 10.4. The van der Waals surface area contributed by atoms with Crippen molar-refractivity contribution in [2.75, 3.05) is 12.4 Å². The van der Waals surface area contributed by atoms with Crippen LogP contribution in [0, 0.1) is 0 Å². The molecule has 0 bridgehead atoms. The third-order valence-corrected chi connectivity index (χ3v) is 2.55. The number of rotatable bonds is 3. The van der Waals surface area contributed by atoms with Gasteiger partial charge in [-0.3, -0.25) is 0 Å². The summed E-state index contributed by atoms with van der Waals surface area (Å²) >= 11 is 3.31. The van der Waals surface area contributed by atoms with E-state index in [1.807, 2.05) is 19.9 Å². The van der Waals surface area contributed by atoms with E-state index >= 15 is 0 Å². The molecule has 14 heavy (non-hydrogen) atoms. The van der Waals surface area contributed by atoms with Crippen LogP contribution < -0.4 is 10.1 Å². The summed E-state index contributed by atoms with van der Waals surface area (Å²) in [5.74, 6) is 0.587. The average molecular weight is 260 g/mol. The summed E-state index contributed by atoms with van der Waals surface area (Å²) in [5.41, 5.74) is 0.860. The predicted octanol–water partition coefficient (Wildman–Crippen LogP) is 2.98.